The molecule has 0 aromatic heterocycles. The maximum atomic E-state index is 12.1. The summed E-state index contributed by atoms with van der Waals surface area (Å²) >= 11 is 5.22. The molecule has 1 amide bonds. The molecule has 2 N–H and O–H groups in total. The highest BCUT2D eigenvalue weighted by atomic mass is 32.1. The van der Waals surface area contributed by atoms with Gasteiger partial charge in [0.05, 0.1) is 10.6 Å². The number of thiocarbonyl (C=S) groups is 1. The number of nitro benzene ring substituents is 1. The first-order valence-corrected chi connectivity index (χ1v) is 10.4. The van der Waals surface area contributed by atoms with Crippen LogP contribution >= 0.6 is 12.2 Å². The Bertz CT molecular complexity index is 1130. The molecule has 0 aliphatic heterocycles. The van der Waals surface area contributed by atoms with E-state index in [-0.39, 0.29) is 10.8 Å². The summed E-state index contributed by atoms with van der Waals surface area (Å²) in [6.07, 6.45) is 2.82. The number of amides is 1. The fourth-order valence-electron chi connectivity index (χ4n) is 2.71. The third-order valence-corrected chi connectivity index (χ3v) is 4.46. The smallest absolute Gasteiger partial charge is 0.269 e. The van der Waals surface area contributed by atoms with E-state index in [2.05, 4.69) is 10.6 Å². The third-order valence-electron chi connectivity index (χ3n) is 4.26. The van der Waals surface area contributed by atoms with Gasteiger partial charge in [-0.15, -0.1) is 0 Å². The van der Waals surface area contributed by atoms with Gasteiger partial charge in [0, 0.05) is 18.2 Å². The lowest BCUT2D eigenvalue weighted by atomic mass is 10.2. The third kappa shape index (κ3) is 7.75. The van der Waals surface area contributed by atoms with Crippen molar-refractivity contribution in [1.82, 2.24) is 5.32 Å². The first-order chi connectivity index (χ1) is 16.0. The van der Waals surface area contributed by atoms with Gasteiger partial charge in [0.2, 0.25) is 5.91 Å². The lowest BCUT2D eigenvalue weighted by molar-refractivity contribution is -0.384. The van der Waals surface area contributed by atoms with Gasteiger partial charge in [-0.2, -0.15) is 0 Å². The van der Waals surface area contributed by atoms with Crippen LogP contribution in [0.15, 0.2) is 84.9 Å². The predicted molar refractivity (Wildman–Crippen MR) is 130 cm³/mol. The minimum absolute atomic E-state index is 0.0190. The van der Waals surface area contributed by atoms with E-state index in [1.165, 1.54) is 24.3 Å². The summed E-state index contributed by atoms with van der Waals surface area (Å²) in [5.74, 6) is 0.880. The van der Waals surface area contributed by atoms with Crippen LogP contribution in [-0.4, -0.2) is 29.2 Å². The highest BCUT2D eigenvalue weighted by Crippen LogP contribution is 2.23. The summed E-state index contributed by atoms with van der Waals surface area (Å²) in [5.41, 5.74) is 1.22. The van der Waals surface area contributed by atoms with Gasteiger partial charge in [-0.3, -0.25) is 20.2 Å². The topological polar surface area (TPSA) is 103 Å². The SMILES string of the molecule is O=C(/C=C/c1ccc([N+](=O)[O-])cc1)NC(=S)Nc1ccccc1OCCOc1ccccc1. The zero-order valence-corrected chi connectivity index (χ0v) is 18.3. The van der Waals surface area contributed by atoms with Crippen molar-refractivity contribution in [2.45, 2.75) is 0 Å². The fourth-order valence-corrected chi connectivity index (χ4v) is 2.92. The summed E-state index contributed by atoms with van der Waals surface area (Å²) in [4.78, 5) is 22.4. The van der Waals surface area contributed by atoms with E-state index in [1.54, 1.807) is 24.3 Å². The molecule has 3 aromatic rings. The van der Waals surface area contributed by atoms with Crippen LogP contribution in [-0.2, 0) is 4.79 Å². The average Bonchev–Trinajstić information content (AvgIpc) is 2.82. The van der Waals surface area contributed by atoms with Crippen LogP contribution in [0, 0.1) is 10.1 Å². The number of ether oxygens (including phenoxy) is 2. The van der Waals surface area contributed by atoms with Gasteiger partial charge in [0.1, 0.15) is 24.7 Å². The Balaban J connectivity index is 1.48. The van der Waals surface area contributed by atoms with Gasteiger partial charge in [-0.25, -0.2) is 0 Å². The predicted octanol–water partition coefficient (Wildman–Crippen LogP) is 4.58. The molecule has 3 rings (SSSR count). The molecule has 3 aromatic carbocycles. The Hall–Kier alpha value is -4.24. The number of nitro groups is 1. The first-order valence-electron chi connectivity index (χ1n) is 9.95. The lowest BCUT2D eigenvalue weighted by Gasteiger charge is -2.14. The van der Waals surface area contributed by atoms with Gasteiger partial charge in [-0.05, 0) is 60.3 Å². The number of para-hydroxylation sites is 3. The first kappa shape index (κ1) is 23.4. The molecule has 0 saturated carbocycles. The monoisotopic (exact) mass is 463 g/mol. The molecule has 0 radical (unpaired) electrons. The Morgan fingerprint density at radius 3 is 2.33 bits per heavy atom. The molecular formula is C24H21N3O5S. The number of hydrogen-bond donors (Lipinski definition) is 2. The molecule has 0 bridgehead atoms. The van der Waals surface area contributed by atoms with Crippen molar-refractivity contribution in [2.24, 2.45) is 0 Å². The van der Waals surface area contributed by atoms with Crippen LogP contribution < -0.4 is 20.1 Å². The molecule has 9 heteroatoms. The number of hydrogen-bond acceptors (Lipinski definition) is 6. The van der Waals surface area contributed by atoms with Crippen molar-refractivity contribution < 1.29 is 19.2 Å². The van der Waals surface area contributed by atoms with Crippen LogP contribution in [0.4, 0.5) is 11.4 Å². The van der Waals surface area contributed by atoms with E-state index in [4.69, 9.17) is 21.7 Å². The summed E-state index contributed by atoms with van der Waals surface area (Å²) in [5, 5.41) is 16.3. The Kier molecular flexibility index (Phi) is 8.49. The van der Waals surface area contributed by atoms with Crippen LogP contribution in [0.5, 0.6) is 11.5 Å². The zero-order chi connectivity index (χ0) is 23.5. The van der Waals surface area contributed by atoms with Crippen molar-refractivity contribution in [1.29, 1.82) is 0 Å². The molecule has 0 aliphatic rings. The van der Waals surface area contributed by atoms with Crippen LogP contribution in [0.2, 0.25) is 0 Å². The van der Waals surface area contributed by atoms with Gasteiger partial charge >= 0.3 is 0 Å². The number of anilines is 1. The highest BCUT2D eigenvalue weighted by molar-refractivity contribution is 7.80. The van der Waals surface area contributed by atoms with Gasteiger partial charge < -0.3 is 14.8 Å². The number of benzene rings is 3. The van der Waals surface area contributed by atoms with Crippen LogP contribution in [0.1, 0.15) is 5.56 Å². The molecule has 0 saturated heterocycles. The molecular weight excluding hydrogens is 442 g/mol. The second-order valence-electron chi connectivity index (χ2n) is 6.63. The zero-order valence-electron chi connectivity index (χ0n) is 17.5. The average molecular weight is 464 g/mol. The molecule has 33 heavy (non-hydrogen) atoms. The van der Waals surface area contributed by atoms with Gasteiger partial charge in [0.15, 0.2) is 5.11 Å². The summed E-state index contributed by atoms with van der Waals surface area (Å²) in [6.45, 7) is 0.692. The number of rotatable bonds is 9. The summed E-state index contributed by atoms with van der Waals surface area (Å²) in [7, 11) is 0. The number of non-ortho nitro benzene ring substituents is 1. The van der Waals surface area contributed by atoms with Crippen molar-refractivity contribution in [3.63, 3.8) is 0 Å². The van der Waals surface area contributed by atoms with E-state index < -0.39 is 10.8 Å². The minimum atomic E-state index is -0.484. The van der Waals surface area contributed by atoms with E-state index in [9.17, 15) is 14.9 Å². The summed E-state index contributed by atoms with van der Waals surface area (Å²) < 4.78 is 11.4. The normalized spacial score (nSPS) is 10.4. The Labute approximate surface area is 196 Å². The molecule has 0 unspecified atom stereocenters. The van der Waals surface area contributed by atoms with Gasteiger partial charge in [-0.1, -0.05) is 30.3 Å². The minimum Gasteiger partial charge on any atom is -0.490 e. The maximum absolute atomic E-state index is 12.1. The number of nitrogens with one attached hydrogen (secondary N) is 2. The molecule has 0 aliphatic carbocycles. The number of nitrogens with zero attached hydrogens (tertiary/aromatic N) is 1. The second kappa shape index (κ2) is 12.0. The quantitative estimate of drug-likeness (QED) is 0.157. The highest BCUT2D eigenvalue weighted by Gasteiger charge is 2.07. The van der Waals surface area contributed by atoms with Crippen LogP contribution in [0.25, 0.3) is 6.08 Å². The van der Waals surface area contributed by atoms with E-state index in [1.807, 2.05) is 42.5 Å². The largest absolute Gasteiger partial charge is 0.490 e. The molecule has 0 heterocycles. The fraction of sp³-hybridized carbons (Fsp3) is 0.0833. The Morgan fingerprint density at radius 1 is 0.939 bits per heavy atom. The van der Waals surface area contributed by atoms with E-state index in [0.717, 1.165) is 5.75 Å². The molecule has 0 atom stereocenters. The molecule has 0 fully saturated rings. The number of carbonyl (C=O) groups excluding carboxylic acids is 1. The van der Waals surface area contributed by atoms with Crippen molar-refractivity contribution in [2.75, 3.05) is 18.5 Å². The maximum Gasteiger partial charge on any atom is 0.269 e. The van der Waals surface area contributed by atoms with Crippen molar-refractivity contribution in [3.8, 4) is 11.5 Å². The second-order valence-corrected chi connectivity index (χ2v) is 7.04. The molecule has 0 spiro atoms. The standard InChI is InChI=1S/C24H21N3O5S/c28-23(15-12-18-10-13-19(14-11-18)27(29)30)26-24(33)25-21-8-4-5-9-22(21)32-17-16-31-20-6-2-1-3-7-20/h1-15H,16-17H2,(H2,25,26,28,33)/b15-12+. The van der Waals surface area contributed by atoms with Crippen molar-refractivity contribution in [3.05, 3.63) is 101 Å². The van der Waals surface area contributed by atoms with Gasteiger partial charge in [0.25, 0.3) is 5.69 Å². The molecule has 168 valence electrons. The van der Waals surface area contributed by atoms with E-state index >= 15 is 0 Å². The Morgan fingerprint density at radius 2 is 1.61 bits per heavy atom. The molecule has 8 nitrogen and oxygen atoms in total. The van der Waals surface area contributed by atoms with Crippen LogP contribution in [0.3, 0.4) is 0 Å². The summed E-state index contributed by atoms with van der Waals surface area (Å²) in [6, 6.07) is 22.5. The lowest BCUT2D eigenvalue weighted by Crippen LogP contribution is -2.33. The van der Waals surface area contributed by atoms with Crippen molar-refractivity contribution >= 4 is 40.7 Å². The number of carbonyl (C=O) groups is 1. The van der Waals surface area contributed by atoms with E-state index in [0.29, 0.717) is 30.2 Å².